The number of benzene rings is 1. The molecule has 0 aliphatic heterocycles. The zero-order chi connectivity index (χ0) is 19.6. The maximum absolute atomic E-state index is 12.3. The van der Waals surface area contributed by atoms with Gasteiger partial charge in [0, 0.05) is 18.6 Å². The summed E-state index contributed by atoms with van der Waals surface area (Å²) in [5, 5.41) is 4.85. The maximum atomic E-state index is 12.3. The number of imidazole rings is 1. The summed E-state index contributed by atoms with van der Waals surface area (Å²) in [6.45, 7) is 4.78. The molecule has 8 nitrogen and oxygen atoms in total. The van der Waals surface area contributed by atoms with E-state index in [-0.39, 0.29) is 0 Å². The van der Waals surface area contributed by atoms with Crippen LogP contribution in [-0.2, 0) is 13.6 Å². The molecule has 142 valence electrons. The van der Waals surface area contributed by atoms with Crippen LogP contribution in [0.5, 0.6) is 0 Å². The van der Waals surface area contributed by atoms with Crippen LogP contribution in [0.25, 0.3) is 11.2 Å². The van der Waals surface area contributed by atoms with Crippen LogP contribution in [0.3, 0.4) is 0 Å². The minimum Gasteiger partial charge on any atom is -0.303 e. The van der Waals surface area contributed by atoms with Gasteiger partial charge in [-0.1, -0.05) is 37.6 Å². The standard InChI is InChI=1S/C18H21ClN6O2/c1-11(2)8-9-25-14-15(24(3)18(27)22-16(14)26)21-17(25)23-20-10-12-4-6-13(19)7-5-12/h4-7,10-11H,8-9H2,1-3H3,(H,21,23)(H,22,26,27)/b20-10-. The molecule has 2 heterocycles. The van der Waals surface area contributed by atoms with Crippen molar-refractivity contribution in [2.75, 3.05) is 5.43 Å². The third-order valence-corrected chi connectivity index (χ3v) is 4.44. The van der Waals surface area contributed by atoms with E-state index in [1.807, 2.05) is 12.1 Å². The van der Waals surface area contributed by atoms with Crippen LogP contribution in [0.2, 0.25) is 5.02 Å². The number of nitrogens with one attached hydrogen (secondary N) is 2. The molecule has 1 aromatic carbocycles. The Morgan fingerprint density at radius 2 is 2.00 bits per heavy atom. The highest BCUT2D eigenvalue weighted by atomic mass is 35.5. The fraction of sp³-hybridized carbons (Fsp3) is 0.333. The van der Waals surface area contributed by atoms with Gasteiger partial charge in [-0.05, 0) is 30.0 Å². The quantitative estimate of drug-likeness (QED) is 0.501. The summed E-state index contributed by atoms with van der Waals surface area (Å²) in [6, 6.07) is 7.22. The highest BCUT2D eigenvalue weighted by Gasteiger charge is 2.17. The SMILES string of the molecule is CC(C)CCn1c(N/N=C\c2ccc(Cl)cc2)nc2c1c(=O)[nH]c(=O)n2C. The Labute approximate surface area is 160 Å². The van der Waals surface area contributed by atoms with Gasteiger partial charge in [0.1, 0.15) is 0 Å². The van der Waals surface area contributed by atoms with Crippen LogP contribution >= 0.6 is 11.6 Å². The molecule has 0 radical (unpaired) electrons. The van der Waals surface area contributed by atoms with Crippen LogP contribution < -0.4 is 16.7 Å². The van der Waals surface area contributed by atoms with Gasteiger partial charge in [0.15, 0.2) is 11.2 Å². The second kappa shape index (κ2) is 7.79. The van der Waals surface area contributed by atoms with E-state index < -0.39 is 11.2 Å². The molecule has 0 amide bonds. The number of H-pyrrole nitrogens is 1. The van der Waals surface area contributed by atoms with Gasteiger partial charge >= 0.3 is 5.69 Å². The molecule has 0 atom stereocenters. The van der Waals surface area contributed by atoms with Crippen LogP contribution in [0.15, 0.2) is 39.0 Å². The minimum absolute atomic E-state index is 0.316. The van der Waals surface area contributed by atoms with E-state index >= 15 is 0 Å². The van der Waals surface area contributed by atoms with Crippen LogP contribution in [0.1, 0.15) is 25.8 Å². The van der Waals surface area contributed by atoms with E-state index in [1.165, 1.54) is 4.57 Å². The Hall–Kier alpha value is -2.87. The van der Waals surface area contributed by atoms with Gasteiger partial charge in [0.2, 0.25) is 5.95 Å². The third-order valence-electron chi connectivity index (χ3n) is 4.19. The van der Waals surface area contributed by atoms with Crippen LogP contribution in [0, 0.1) is 5.92 Å². The lowest BCUT2D eigenvalue weighted by atomic mass is 10.1. The van der Waals surface area contributed by atoms with E-state index in [1.54, 1.807) is 30.0 Å². The number of hydrogen-bond acceptors (Lipinski definition) is 5. The first-order chi connectivity index (χ1) is 12.9. The second-order valence-corrected chi connectivity index (χ2v) is 7.12. The highest BCUT2D eigenvalue weighted by Crippen LogP contribution is 2.17. The van der Waals surface area contributed by atoms with Gasteiger partial charge in [-0.3, -0.25) is 14.3 Å². The zero-order valence-corrected chi connectivity index (χ0v) is 16.1. The van der Waals surface area contributed by atoms with Crippen molar-refractivity contribution < 1.29 is 0 Å². The summed E-state index contributed by atoms with van der Waals surface area (Å²) in [5.74, 6) is 0.849. The molecule has 2 N–H and O–H groups in total. The summed E-state index contributed by atoms with van der Waals surface area (Å²) < 4.78 is 3.07. The normalized spacial score (nSPS) is 11.7. The molecule has 0 bridgehead atoms. The van der Waals surface area contributed by atoms with Crippen LogP contribution in [0.4, 0.5) is 5.95 Å². The molecule has 3 aromatic rings. The van der Waals surface area contributed by atoms with Crippen molar-refractivity contribution in [1.82, 2.24) is 19.1 Å². The molecule has 0 aliphatic carbocycles. The Balaban J connectivity index is 2.00. The first-order valence-corrected chi connectivity index (χ1v) is 8.99. The lowest BCUT2D eigenvalue weighted by Gasteiger charge is -2.09. The second-order valence-electron chi connectivity index (χ2n) is 6.68. The number of hydrazone groups is 1. The number of halogens is 1. The monoisotopic (exact) mass is 388 g/mol. The Morgan fingerprint density at radius 3 is 2.67 bits per heavy atom. The fourth-order valence-electron chi connectivity index (χ4n) is 2.64. The molecular formula is C18H21ClN6O2. The zero-order valence-electron chi connectivity index (χ0n) is 15.4. The van der Waals surface area contributed by atoms with E-state index in [4.69, 9.17) is 11.6 Å². The van der Waals surface area contributed by atoms with Gasteiger partial charge in [0.25, 0.3) is 5.56 Å². The topological polar surface area (TPSA) is 97.1 Å². The number of aromatic nitrogens is 4. The Kier molecular flexibility index (Phi) is 5.46. The van der Waals surface area contributed by atoms with Gasteiger partial charge in [0.05, 0.1) is 6.21 Å². The molecule has 3 rings (SSSR count). The minimum atomic E-state index is -0.503. The lowest BCUT2D eigenvalue weighted by Crippen LogP contribution is -2.29. The predicted molar refractivity (Wildman–Crippen MR) is 108 cm³/mol. The number of fused-ring (bicyclic) bond motifs is 1. The summed E-state index contributed by atoms with van der Waals surface area (Å²) >= 11 is 5.88. The lowest BCUT2D eigenvalue weighted by molar-refractivity contribution is 0.524. The summed E-state index contributed by atoms with van der Waals surface area (Å²) in [6.07, 6.45) is 2.48. The molecule has 0 fully saturated rings. The molecule has 0 saturated heterocycles. The smallest absolute Gasteiger partial charge is 0.303 e. The molecule has 0 unspecified atom stereocenters. The van der Waals surface area contributed by atoms with Gasteiger partial charge in [-0.15, -0.1) is 0 Å². The molecule has 2 aromatic heterocycles. The van der Waals surface area contributed by atoms with Crippen molar-refractivity contribution in [3.8, 4) is 0 Å². The van der Waals surface area contributed by atoms with Crippen LogP contribution in [-0.4, -0.2) is 25.3 Å². The van der Waals surface area contributed by atoms with Crippen molar-refractivity contribution in [3.63, 3.8) is 0 Å². The molecule has 0 saturated carbocycles. The summed E-state index contributed by atoms with van der Waals surface area (Å²) in [5.41, 5.74) is 3.45. The van der Waals surface area contributed by atoms with E-state index in [0.29, 0.717) is 34.6 Å². The molecule has 0 spiro atoms. The molecular weight excluding hydrogens is 368 g/mol. The van der Waals surface area contributed by atoms with Crippen molar-refractivity contribution in [1.29, 1.82) is 0 Å². The maximum Gasteiger partial charge on any atom is 0.329 e. The van der Waals surface area contributed by atoms with Crippen molar-refractivity contribution in [2.24, 2.45) is 18.1 Å². The van der Waals surface area contributed by atoms with Crippen molar-refractivity contribution in [3.05, 3.63) is 55.7 Å². The first-order valence-electron chi connectivity index (χ1n) is 8.61. The molecule has 27 heavy (non-hydrogen) atoms. The number of hydrogen-bond donors (Lipinski definition) is 2. The average molecular weight is 389 g/mol. The fourth-order valence-corrected chi connectivity index (χ4v) is 2.76. The largest absolute Gasteiger partial charge is 0.329 e. The van der Waals surface area contributed by atoms with Crippen molar-refractivity contribution >= 4 is 34.9 Å². The van der Waals surface area contributed by atoms with Crippen molar-refractivity contribution in [2.45, 2.75) is 26.8 Å². The Bertz CT molecular complexity index is 1090. The van der Waals surface area contributed by atoms with E-state index in [0.717, 1.165) is 12.0 Å². The number of rotatable bonds is 6. The number of anilines is 1. The first kappa shape index (κ1) is 18.9. The number of aromatic amines is 1. The van der Waals surface area contributed by atoms with E-state index in [9.17, 15) is 9.59 Å². The van der Waals surface area contributed by atoms with E-state index in [2.05, 4.69) is 34.3 Å². The van der Waals surface area contributed by atoms with Gasteiger partial charge < -0.3 is 4.57 Å². The highest BCUT2D eigenvalue weighted by molar-refractivity contribution is 6.30. The van der Waals surface area contributed by atoms with Gasteiger partial charge in [-0.25, -0.2) is 10.2 Å². The number of nitrogens with zero attached hydrogens (tertiary/aromatic N) is 4. The average Bonchev–Trinajstić information content (AvgIpc) is 2.99. The summed E-state index contributed by atoms with van der Waals surface area (Å²) in [4.78, 5) is 31.0. The molecule has 0 aliphatic rings. The number of aryl methyl sites for hydroxylation is 2. The predicted octanol–water partition coefficient (Wildman–Crippen LogP) is 2.57. The molecule has 9 heteroatoms. The van der Waals surface area contributed by atoms with Gasteiger partial charge in [-0.2, -0.15) is 10.1 Å². The third kappa shape index (κ3) is 4.11. The Morgan fingerprint density at radius 1 is 1.30 bits per heavy atom. The summed E-state index contributed by atoms with van der Waals surface area (Å²) in [7, 11) is 1.57.